The summed E-state index contributed by atoms with van der Waals surface area (Å²) in [6, 6.07) is 6.60. The lowest BCUT2D eigenvalue weighted by Gasteiger charge is -2.29. The Hall–Kier alpha value is -1.06. The average Bonchev–Trinajstić information content (AvgIpc) is 3.27. The van der Waals surface area contributed by atoms with Gasteiger partial charge in [-0.3, -0.25) is 0 Å². The second-order valence-corrected chi connectivity index (χ2v) is 5.52. The van der Waals surface area contributed by atoms with Gasteiger partial charge in [-0.15, -0.1) is 0 Å². The van der Waals surface area contributed by atoms with Gasteiger partial charge in [0, 0.05) is 6.61 Å². The lowest BCUT2D eigenvalue weighted by molar-refractivity contribution is 0.0188. The SMILES string of the molecule is CCNC(c1ccc(OC)cc1C)C(OCC)C1CC1. The summed E-state index contributed by atoms with van der Waals surface area (Å²) in [5.74, 6) is 1.63. The lowest BCUT2D eigenvalue weighted by Crippen LogP contribution is -2.36. The van der Waals surface area contributed by atoms with E-state index < -0.39 is 0 Å². The Bertz CT molecular complexity index is 429. The molecule has 0 aliphatic heterocycles. The molecule has 1 saturated carbocycles. The molecule has 0 heterocycles. The van der Waals surface area contributed by atoms with Crippen molar-refractivity contribution < 1.29 is 9.47 Å². The van der Waals surface area contributed by atoms with E-state index in [0.29, 0.717) is 5.92 Å². The summed E-state index contributed by atoms with van der Waals surface area (Å²) in [4.78, 5) is 0. The fourth-order valence-corrected chi connectivity index (χ4v) is 2.87. The van der Waals surface area contributed by atoms with E-state index in [2.05, 4.69) is 38.2 Å². The minimum absolute atomic E-state index is 0.276. The first-order valence-corrected chi connectivity index (χ1v) is 7.70. The van der Waals surface area contributed by atoms with Gasteiger partial charge in [0.25, 0.3) is 0 Å². The summed E-state index contributed by atoms with van der Waals surface area (Å²) in [6.07, 6.45) is 2.87. The smallest absolute Gasteiger partial charge is 0.119 e. The zero-order valence-electron chi connectivity index (χ0n) is 13.1. The molecule has 0 amide bonds. The average molecular weight is 277 g/mol. The van der Waals surface area contributed by atoms with Crippen LogP contribution in [0, 0.1) is 12.8 Å². The van der Waals surface area contributed by atoms with E-state index in [4.69, 9.17) is 9.47 Å². The zero-order chi connectivity index (χ0) is 14.5. The van der Waals surface area contributed by atoms with Crippen LogP contribution >= 0.6 is 0 Å². The van der Waals surface area contributed by atoms with Crippen LogP contribution in [0.3, 0.4) is 0 Å². The summed E-state index contributed by atoms with van der Waals surface area (Å²) < 4.78 is 11.4. The molecule has 0 radical (unpaired) electrons. The minimum Gasteiger partial charge on any atom is -0.497 e. The second-order valence-electron chi connectivity index (χ2n) is 5.52. The van der Waals surface area contributed by atoms with E-state index in [0.717, 1.165) is 18.9 Å². The number of hydrogen-bond donors (Lipinski definition) is 1. The third-order valence-electron chi connectivity index (χ3n) is 4.01. The number of ether oxygens (including phenoxy) is 2. The molecular formula is C17H27NO2. The monoisotopic (exact) mass is 277 g/mol. The van der Waals surface area contributed by atoms with Crippen LogP contribution in [-0.4, -0.2) is 26.4 Å². The molecule has 20 heavy (non-hydrogen) atoms. The van der Waals surface area contributed by atoms with Gasteiger partial charge in [0.05, 0.1) is 19.3 Å². The Morgan fingerprint density at radius 1 is 1.30 bits per heavy atom. The predicted octanol–water partition coefficient (Wildman–Crippen LogP) is 3.47. The van der Waals surface area contributed by atoms with Crippen LogP contribution < -0.4 is 10.1 Å². The fourth-order valence-electron chi connectivity index (χ4n) is 2.87. The van der Waals surface area contributed by atoms with Gasteiger partial charge in [-0.1, -0.05) is 13.0 Å². The van der Waals surface area contributed by atoms with Crippen molar-refractivity contribution in [3.05, 3.63) is 29.3 Å². The highest BCUT2D eigenvalue weighted by atomic mass is 16.5. The molecule has 2 atom stereocenters. The molecule has 1 aliphatic rings. The van der Waals surface area contributed by atoms with Gasteiger partial charge in [0.2, 0.25) is 0 Å². The first-order valence-electron chi connectivity index (χ1n) is 7.70. The van der Waals surface area contributed by atoms with Gasteiger partial charge in [0.1, 0.15) is 5.75 Å². The highest BCUT2D eigenvalue weighted by Gasteiger charge is 2.38. The van der Waals surface area contributed by atoms with Gasteiger partial charge in [0.15, 0.2) is 0 Å². The topological polar surface area (TPSA) is 30.5 Å². The Labute approximate surface area is 122 Å². The third-order valence-corrected chi connectivity index (χ3v) is 4.01. The van der Waals surface area contributed by atoms with Crippen molar-refractivity contribution in [1.82, 2.24) is 5.32 Å². The number of likely N-dealkylation sites (N-methyl/N-ethyl adjacent to an activating group) is 1. The Morgan fingerprint density at radius 2 is 2.05 bits per heavy atom. The number of aryl methyl sites for hydroxylation is 1. The van der Waals surface area contributed by atoms with E-state index >= 15 is 0 Å². The molecule has 3 nitrogen and oxygen atoms in total. The van der Waals surface area contributed by atoms with Crippen molar-refractivity contribution in [2.45, 2.75) is 45.8 Å². The van der Waals surface area contributed by atoms with Crippen LogP contribution in [0.5, 0.6) is 5.75 Å². The summed E-state index contributed by atoms with van der Waals surface area (Å²) in [6.45, 7) is 8.11. The van der Waals surface area contributed by atoms with Crippen LogP contribution in [0.15, 0.2) is 18.2 Å². The van der Waals surface area contributed by atoms with Crippen molar-refractivity contribution in [1.29, 1.82) is 0 Å². The Kier molecular flexibility index (Phi) is 5.44. The van der Waals surface area contributed by atoms with Gasteiger partial charge < -0.3 is 14.8 Å². The molecule has 0 bridgehead atoms. The number of methoxy groups -OCH3 is 1. The van der Waals surface area contributed by atoms with Crippen molar-refractivity contribution in [3.8, 4) is 5.75 Å². The van der Waals surface area contributed by atoms with E-state index in [9.17, 15) is 0 Å². The molecular weight excluding hydrogens is 250 g/mol. The van der Waals surface area contributed by atoms with Crippen molar-refractivity contribution >= 4 is 0 Å². The molecule has 0 spiro atoms. The van der Waals surface area contributed by atoms with Gasteiger partial charge in [-0.2, -0.15) is 0 Å². The standard InChI is InChI=1S/C17H27NO2/c1-5-18-16(17(20-6-2)13-7-8-13)15-10-9-14(19-4)11-12(15)3/h9-11,13,16-18H,5-8H2,1-4H3. The fraction of sp³-hybridized carbons (Fsp3) is 0.647. The quantitative estimate of drug-likeness (QED) is 0.789. The molecule has 112 valence electrons. The second kappa shape index (κ2) is 7.09. The third kappa shape index (κ3) is 3.53. The highest BCUT2D eigenvalue weighted by Crippen LogP contribution is 2.41. The molecule has 2 rings (SSSR count). The first kappa shape index (κ1) is 15.3. The molecule has 1 aromatic carbocycles. The maximum Gasteiger partial charge on any atom is 0.119 e. The normalized spacial score (nSPS) is 17.8. The van der Waals surface area contributed by atoms with Crippen molar-refractivity contribution in [2.24, 2.45) is 5.92 Å². The first-order chi connectivity index (χ1) is 9.71. The zero-order valence-corrected chi connectivity index (χ0v) is 13.1. The van der Waals surface area contributed by atoms with Crippen molar-refractivity contribution in [2.75, 3.05) is 20.3 Å². The number of hydrogen-bond acceptors (Lipinski definition) is 3. The van der Waals surface area contributed by atoms with Crippen LogP contribution in [0.2, 0.25) is 0 Å². The molecule has 3 heteroatoms. The molecule has 1 fully saturated rings. The largest absolute Gasteiger partial charge is 0.497 e. The van der Waals surface area contributed by atoms with Crippen LogP contribution in [-0.2, 0) is 4.74 Å². The summed E-state index contributed by atoms with van der Waals surface area (Å²) in [5, 5.41) is 3.62. The molecule has 1 aliphatic carbocycles. The molecule has 2 unspecified atom stereocenters. The lowest BCUT2D eigenvalue weighted by atomic mass is 9.94. The predicted molar refractivity (Wildman–Crippen MR) is 82.3 cm³/mol. The van der Waals surface area contributed by atoms with Crippen molar-refractivity contribution in [3.63, 3.8) is 0 Å². The Morgan fingerprint density at radius 3 is 2.55 bits per heavy atom. The molecule has 0 aromatic heterocycles. The Balaban J connectivity index is 2.26. The number of nitrogens with one attached hydrogen (secondary N) is 1. The highest BCUT2D eigenvalue weighted by molar-refractivity contribution is 5.37. The van der Waals surface area contributed by atoms with Gasteiger partial charge in [-0.05, 0) is 62.4 Å². The van der Waals surface area contributed by atoms with Gasteiger partial charge in [-0.25, -0.2) is 0 Å². The van der Waals surface area contributed by atoms with E-state index in [1.165, 1.54) is 24.0 Å². The molecule has 1 N–H and O–H groups in total. The van der Waals surface area contributed by atoms with E-state index in [1.807, 2.05) is 6.07 Å². The maximum absolute atomic E-state index is 6.05. The van der Waals surface area contributed by atoms with Gasteiger partial charge >= 0.3 is 0 Å². The number of rotatable bonds is 8. The minimum atomic E-state index is 0.276. The summed E-state index contributed by atoms with van der Waals surface area (Å²) in [5.41, 5.74) is 2.60. The van der Waals surface area contributed by atoms with Crippen LogP contribution in [0.25, 0.3) is 0 Å². The van der Waals surface area contributed by atoms with E-state index in [1.54, 1.807) is 7.11 Å². The number of benzene rings is 1. The maximum atomic E-state index is 6.05. The van der Waals surface area contributed by atoms with Crippen LogP contribution in [0.1, 0.15) is 43.9 Å². The van der Waals surface area contributed by atoms with Crippen LogP contribution in [0.4, 0.5) is 0 Å². The summed E-state index contributed by atoms with van der Waals surface area (Å²) >= 11 is 0. The molecule has 1 aromatic rings. The van der Waals surface area contributed by atoms with E-state index in [-0.39, 0.29) is 12.1 Å². The molecule has 0 saturated heterocycles. The summed E-state index contributed by atoms with van der Waals surface area (Å²) in [7, 11) is 1.71.